The molecule has 0 radical (unpaired) electrons. The lowest BCUT2D eigenvalue weighted by molar-refractivity contribution is -0.137. The van der Waals surface area contributed by atoms with Crippen molar-refractivity contribution in [1.29, 1.82) is 0 Å². The van der Waals surface area contributed by atoms with Crippen LogP contribution in [0.4, 0.5) is 11.4 Å². The zero-order valence-electron chi connectivity index (χ0n) is 19.3. The van der Waals surface area contributed by atoms with Crippen molar-refractivity contribution in [1.82, 2.24) is 4.90 Å². The van der Waals surface area contributed by atoms with E-state index >= 15 is 0 Å². The van der Waals surface area contributed by atoms with Crippen LogP contribution in [-0.4, -0.2) is 42.2 Å². The molecule has 0 aliphatic carbocycles. The number of carbonyl (C=O) groups is 4. The summed E-state index contributed by atoms with van der Waals surface area (Å²) in [7, 11) is 1.26. The predicted octanol–water partition coefficient (Wildman–Crippen LogP) is 4.20. The van der Waals surface area contributed by atoms with Gasteiger partial charge in [-0.2, -0.15) is 0 Å². The van der Waals surface area contributed by atoms with E-state index in [9.17, 15) is 19.2 Å². The van der Waals surface area contributed by atoms with Crippen molar-refractivity contribution >= 4 is 46.7 Å². The quantitative estimate of drug-likeness (QED) is 0.352. The highest BCUT2D eigenvalue weighted by Crippen LogP contribution is 2.26. The first-order valence-electron chi connectivity index (χ1n) is 11.0. The second kappa shape index (κ2) is 10.9. The van der Waals surface area contributed by atoms with Crippen LogP contribution in [0.3, 0.4) is 0 Å². The van der Waals surface area contributed by atoms with E-state index in [2.05, 4.69) is 10.6 Å². The third kappa shape index (κ3) is 5.29. The number of nitrogens with zero attached hydrogens (tertiary/aromatic N) is 1. The lowest BCUT2D eigenvalue weighted by Gasteiger charge is -2.15. The molecular weight excluding hydrogens is 482 g/mol. The number of halogens is 1. The predicted molar refractivity (Wildman–Crippen MR) is 136 cm³/mol. The molecule has 182 valence electrons. The van der Waals surface area contributed by atoms with E-state index in [0.29, 0.717) is 17.8 Å². The van der Waals surface area contributed by atoms with Gasteiger partial charge in [-0.1, -0.05) is 60.1 Å². The number of imide groups is 1. The summed E-state index contributed by atoms with van der Waals surface area (Å²) in [5.41, 5.74) is 2.10. The van der Waals surface area contributed by atoms with E-state index in [0.717, 1.165) is 10.5 Å². The molecule has 0 saturated heterocycles. The Morgan fingerprint density at radius 2 is 1.64 bits per heavy atom. The van der Waals surface area contributed by atoms with Crippen LogP contribution < -0.4 is 10.6 Å². The van der Waals surface area contributed by atoms with E-state index in [1.165, 1.54) is 13.2 Å². The molecule has 0 atom stereocenters. The van der Waals surface area contributed by atoms with E-state index in [1.54, 1.807) is 42.5 Å². The number of carbonyl (C=O) groups excluding carboxylic acids is 4. The summed E-state index contributed by atoms with van der Waals surface area (Å²) < 4.78 is 4.76. The van der Waals surface area contributed by atoms with Crippen molar-refractivity contribution < 1.29 is 23.9 Å². The molecule has 4 rings (SSSR count). The maximum absolute atomic E-state index is 12.9. The molecule has 1 heterocycles. The normalized spacial score (nSPS) is 13.1. The lowest BCUT2D eigenvalue weighted by atomic mass is 10.1. The van der Waals surface area contributed by atoms with Crippen LogP contribution in [0.5, 0.6) is 0 Å². The van der Waals surface area contributed by atoms with Gasteiger partial charge in [0.25, 0.3) is 17.7 Å². The first kappa shape index (κ1) is 24.7. The average molecular weight is 504 g/mol. The minimum atomic E-state index is -0.580. The number of methoxy groups -OCH3 is 1. The van der Waals surface area contributed by atoms with Crippen molar-refractivity contribution in [3.05, 3.63) is 106 Å². The van der Waals surface area contributed by atoms with Crippen LogP contribution in [0.1, 0.15) is 26.3 Å². The highest BCUT2D eigenvalue weighted by atomic mass is 35.5. The zero-order valence-corrected chi connectivity index (χ0v) is 20.0. The summed E-state index contributed by atoms with van der Waals surface area (Å²) >= 11 is 6.20. The third-order valence-corrected chi connectivity index (χ3v) is 5.90. The number of benzene rings is 3. The molecule has 1 aliphatic heterocycles. The fraction of sp³-hybridized carbons (Fsp3) is 0.111. The van der Waals surface area contributed by atoms with Gasteiger partial charge in [-0.15, -0.1) is 0 Å². The highest BCUT2D eigenvalue weighted by molar-refractivity contribution is 6.48. The molecule has 0 spiro atoms. The van der Waals surface area contributed by atoms with Crippen LogP contribution in [0, 0.1) is 0 Å². The fourth-order valence-corrected chi connectivity index (χ4v) is 3.93. The molecular formula is C27H22ClN3O5. The van der Waals surface area contributed by atoms with E-state index in [4.69, 9.17) is 16.3 Å². The van der Waals surface area contributed by atoms with Gasteiger partial charge >= 0.3 is 5.97 Å². The summed E-state index contributed by atoms with van der Waals surface area (Å²) in [6.07, 6.45) is 0.498. The van der Waals surface area contributed by atoms with Crippen molar-refractivity contribution in [2.45, 2.75) is 6.42 Å². The Labute approximate surface area is 212 Å². The number of para-hydroxylation sites is 1. The van der Waals surface area contributed by atoms with Gasteiger partial charge in [0.05, 0.1) is 18.4 Å². The highest BCUT2D eigenvalue weighted by Gasteiger charge is 2.37. The van der Waals surface area contributed by atoms with Gasteiger partial charge in [0.15, 0.2) is 0 Å². The number of esters is 1. The van der Waals surface area contributed by atoms with Crippen LogP contribution in [0.2, 0.25) is 0 Å². The molecule has 0 bridgehead atoms. The summed E-state index contributed by atoms with van der Waals surface area (Å²) in [5.74, 6) is -2.17. The molecule has 3 amide bonds. The monoisotopic (exact) mass is 503 g/mol. The van der Waals surface area contributed by atoms with E-state index in [1.807, 2.05) is 30.3 Å². The second-order valence-corrected chi connectivity index (χ2v) is 8.26. The second-order valence-electron chi connectivity index (χ2n) is 7.88. The van der Waals surface area contributed by atoms with Crippen LogP contribution >= 0.6 is 11.6 Å². The maximum Gasteiger partial charge on any atom is 0.339 e. The molecule has 3 aromatic carbocycles. The summed E-state index contributed by atoms with van der Waals surface area (Å²) in [4.78, 5) is 51.5. The molecule has 0 fully saturated rings. The van der Waals surface area contributed by atoms with Crippen molar-refractivity contribution in [2.24, 2.45) is 0 Å². The van der Waals surface area contributed by atoms with Gasteiger partial charge in [-0.25, -0.2) is 4.79 Å². The SMILES string of the molecule is COC(=O)c1ccccc1NC(=O)c1cccc(NC2=C(Cl)C(=O)N(CCc3ccccc3)C2=O)c1. The van der Waals surface area contributed by atoms with Gasteiger partial charge in [-0.3, -0.25) is 19.3 Å². The van der Waals surface area contributed by atoms with Gasteiger partial charge in [0.1, 0.15) is 10.7 Å². The minimum absolute atomic E-state index is 0.0525. The molecule has 3 aromatic rings. The largest absolute Gasteiger partial charge is 0.465 e. The lowest BCUT2D eigenvalue weighted by Crippen LogP contribution is -2.34. The number of anilines is 2. The summed E-state index contributed by atoms with van der Waals surface area (Å²) in [5, 5.41) is 5.36. The Bertz CT molecular complexity index is 1370. The van der Waals surface area contributed by atoms with Crippen LogP contribution in [0.25, 0.3) is 0 Å². The first-order chi connectivity index (χ1) is 17.4. The molecule has 8 nitrogen and oxygen atoms in total. The van der Waals surface area contributed by atoms with Crippen LogP contribution in [-0.2, 0) is 20.7 Å². The molecule has 0 saturated carbocycles. The van der Waals surface area contributed by atoms with E-state index < -0.39 is 23.7 Å². The van der Waals surface area contributed by atoms with Crippen molar-refractivity contribution in [3.63, 3.8) is 0 Å². The summed E-state index contributed by atoms with van der Waals surface area (Å²) in [6, 6.07) is 22.3. The number of amides is 3. The number of rotatable bonds is 8. The number of hydrogen-bond acceptors (Lipinski definition) is 6. The number of hydrogen-bond donors (Lipinski definition) is 2. The smallest absolute Gasteiger partial charge is 0.339 e. The zero-order chi connectivity index (χ0) is 25.7. The van der Waals surface area contributed by atoms with Gasteiger partial charge in [0, 0.05) is 17.8 Å². The summed E-state index contributed by atoms with van der Waals surface area (Å²) in [6.45, 7) is 0.186. The first-order valence-corrected chi connectivity index (χ1v) is 11.4. The Morgan fingerprint density at radius 1 is 0.917 bits per heavy atom. The van der Waals surface area contributed by atoms with Gasteiger partial charge in [0.2, 0.25) is 0 Å². The van der Waals surface area contributed by atoms with Crippen molar-refractivity contribution in [2.75, 3.05) is 24.3 Å². The molecule has 0 unspecified atom stereocenters. The molecule has 9 heteroatoms. The minimum Gasteiger partial charge on any atom is -0.465 e. The topological polar surface area (TPSA) is 105 Å². The fourth-order valence-electron chi connectivity index (χ4n) is 3.70. The molecule has 2 N–H and O–H groups in total. The standard InChI is InChI=1S/C27H22ClN3O5/c1-36-27(35)20-12-5-6-13-21(20)30-24(32)18-10-7-11-19(16-18)29-23-22(28)25(33)31(26(23)34)15-14-17-8-3-2-4-9-17/h2-13,16,29H,14-15H2,1H3,(H,30,32). The van der Waals surface area contributed by atoms with Gasteiger partial charge < -0.3 is 15.4 Å². The Balaban J connectivity index is 1.47. The maximum atomic E-state index is 12.9. The van der Waals surface area contributed by atoms with Crippen LogP contribution in [0.15, 0.2) is 89.6 Å². The van der Waals surface area contributed by atoms with Crippen molar-refractivity contribution in [3.8, 4) is 0 Å². The van der Waals surface area contributed by atoms with E-state index in [-0.39, 0.29) is 28.4 Å². The number of nitrogens with one attached hydrogen (secondary N) is 2. The Kier molecular flexibility index (Phi) is 7.46. The Morgan fingerprint density at radius 3 is 2.39 bits per heavy atom. The molecule has 36 heavy (non-hydrogen) atoms. The molecule has 0 aromatic heterocycles. The average Bonchev–Trinajstić information content (AvgIpc) is 3.10. The molecule has 1 aliphatic rings. The third-order valence-electron chi connectivity index (χ3n) is 5.55. The Hall–Kier alpha value is -4.43. The number of ether oxygens (including phenoxy) is 1. The van der Waals surface area contributed by atoms with Gasteiger partial charge in [-0.05, 0) is 42.3 Å².